The van der Waals surface area contributed by atoms with Gasteiger partial charge in [0.25, 0.3) is 0 Å². The molecular formula is C20H18N2O4S2. The van der Waals surface area contributed by atoms with E-state index in [9.17, 15) is 18.0 Å². The van der Waals surface area contributed by atoms with Crippen molar-refractivity contribution < 1.29 is 18.0 Å². The average Bonchev–Trinajstić information content (AvgIpc) is 3.06. The number of sulfone groups is 1. The minimum atomic E-state index is -3.27. The van der Waals surface area contributed by atoms with Crippen molar-refractivity contribution in [3.05, 3.63) is 65.0 Å². The second-order valence-corrected chi connectivity index (χ2v) is 9.27. The Morgan fingerprint density at radius 2 is 1.68 bits per heavy atom. The summed E-state index contributed by atoms with van der Waals surface area (Å²) in [6.45, 7) is 1.47. The third kappa shape index (κ3) is 4.71. The van der Waals surface area contributed by atoms with Crippen molar-refractivity contribution >= 4 is 38.0 Å². The van der Waals surface area contributed by atoms with Crippen LogP contribution in [0.25, 0.3) is 11.3 Å². The Hall–Kier alpha value is -2.84. The molecule has 28 heavy (non-hydrogen) atoms. The SMILES string of the molecule is CC(=O)c1sc(NC(=O)Cc2ccc(S(C)(=O)=O)cc2)nc1-c1ccccc1. The van der Waals surface area contributed by atoms with E-state index in [4.69, 9.17) is 0 Å². The molecule has 8 heteroatoms. The summed E-state index contributed by atoms with van der Waals surface area (Å²) in [7, 11) is -3.27. The number of nitrogens with zero attached hydrogens (tertiary/aromatic N) is 1. The molecule has 3 rings (SSSR count). The fraction of sp³-hybridized carbons (Fsp3) is 0.150. The van der Waals surface area contributed by atoms with E-state index < -0.39 is 9.84 Å². The van der Waals surface area contributed by atoms with E-state index >= 15 is 0 Å². The maximum atomic E-state index is 12.3. The molecule has 0 radical (unpaired) electrons. The standard InChI is InChI=1S/C20H18N2O4S2/c1-13(23)19-18(15-6-4-3-5-7-15)22-20(27-19)21-17(24)12-14-8-10-16(11-9-14)28(2,25)26/h3-11H,12H2,1-2H3,(H,21,22,24). The smallest absolute Gasteiger partial charge is 0.230 e. The summed E-state index contributed by atoms with van der Waals surface area (Å²) in [5.74, 6) is -0.413. The first-order valence-corrected chi connectivity index (χ1v) is 11.1. The predicted octanol–water partition coefficient (Wildman–Crippen LogP) is 3.60. The van der Waals surface area contributed by atoms with Crippen molar-refractivity contribution in [2.75, 3.05) is 11.6 Å². The maximum Gasteiger partial charge on any atom is 0.230 e. The Morgan fingerprint density at radius 3 is 2.25 bits per heavy atom. The lowest BCUT2D eigenvalue weighted by Crippen LogP contribution is -2.14. The van der Waals surface area contributed by atoms with Gasteiger partial charge in [-0.3, -0.25) is 9.59 Å². The van der Waals surface area contributed by atoms with Crippen LogP contribution in [0.5, 0.6) is 0 Å². The normalized spacial score (nSPS) is 11.2. The van der Waals surface area contributed by atoms with Gasteiger partial charge in [0.2, 0.25) is 5.91 Å². The molecule has 0 bridgehead atoms. The van der Waals surface area contributed by atoms with Crippen molar-refractivity contribution in [2.45, 2.75) is 18.2 Å². The summed E-state index contributed by atoms with van der Waals surface area (Å²) in [6, 6.07) is 15.5. The fourth-order valence-corrected chi connectivity index (χ4v) is 4.14. The van der Waals surface area contributed by atoms with Crippen LogP contribution < -0.4 is 5.32 Å². The van der Waals surface area contributed by atoms with Crippen LogP contribution in [0, 0.1) is 0 Å². The maximum absolute atomic E-state index is 12.3. The summed E-state index contributed by atoms with van der Waals surface area (Å²) >= 11 is 1.14. The number of carbonyl (C=O) groups excluding carboxylic acids is 2. The highest BCUT2D eigenvalue weighted by Gasteiger charge is 2.18. The number of ketones is 1. The van der Waals surface area contributed by atoms with Gasteiger partial charge in [0.15, 0.2) is 20.8 Å². The molecule has 3 aromatic rings. The summed E-state index contributed by atoms with van der Waals surface area (Å²) in [4.78, 5) is 29.4. The van der Waals surface area contributed by atoms with Gasteiger partial charge in [-0.2, -0.15) is 0 Å². The molecule has 2 aromatic carbocycles. The number of benzene rings is 2. The van der Waals surface area contributed by atoms with Gasteiger partial charge in [0.05, 0.1) is 21.9 Å². The Kier molecular flexibility index (Phi) is 5.71. The molecule has 1 heterocycles. The number of amides is 1. The Morgan fingerprint density at radius 1 is 1.04 bits per heavy atom. The highest BCUT2D eigenvalue weighted by Crippen LogP contribution is 2.31. The van der Waals surface area contributed by atoms with E-state index in [1.165, 1.54) is 19.1 Å². The number of rotatable bonds is 6. The quantitative estimate of drug-likeness (QED) is 0.622. The van der Waals surface area contributed by atoms with Gasteiger partial charge in [0.1, 0.15) is 0 Å². The van der Waals surface area contributed by atoms with E-state index in [-0.39, 0.29) is 23.0 Å². The molecule has 0 aliphatic heterocycles. The van der Waals surface area contributed by atoms with Crippen LogP contribution in [-0.4, -0.2) is 31.3 Å². The zero-order chi connectivity index (χ0) is 20.3. The molecule has 0 aliphatic rings. The van der Waals surface area contributed by atoms with Crippen LogP contribution in [0.2, 0.25) is 0 Å². The van der Waals surface area contributed by atoms with E-state index in [0.717, 1.165) is 23.2 Å². The lowest BCUT2D eigenvalue weighted by molar-refractivity contribution is -0.115. The highest BCUT2D eigenvalue weighted by molar-refractivity contribution is 7.90. The van der Waals surface area contributed by atoms with Gasteiger partial charge < -0.3 is 5.32 Å². The predicted molar refractivity (Wildman–Crippen MR) is 109 cm³/mol. The van der Waals surface area contributed by atoms with Crippen molar-refractivity contribution in [1.82, 2.24) is 4.98 Å². The molecule has 0 unspecified atom stereocenters. The number of hydrogen-bond acceptors (Lipinski definition) is 6. The minimum absolute atomic E-state index is 0.0691. The van der Waals surface area contributed by atoms with Gasteiger partial charge in [-0.25, -0.2) is 13.4 Å². The lowest BCUT2D eigenvalue weighted by Gasteiger charge is -2.03. The Labute approximate surface area is 167 Å². The topological polar surface area (TPSA) is 93.2 Å². The van der Waals surface area contributed by atoms with Crippen molar-refractivity contribution in [2.24, 2.45) is 0 Å². The number of nitrogens with one attached hydrogen (secondary N) is 1. The van der Waals surface area contributed by atoms with Crippen LogP contribution in [0.1, 0.15) is 22.2 Å². The molecule has 1 N–H and O–H groups in total. The molecule has 0 atom stereocenters. The first-order chi connectivity index (χ1) is 13.2. The van der Waals surface area contributed by atoms with Crippen molar-refractivity contribution in [3.8, 4) is 11.3 Å². The minimum Gasteiger partial charge on any atom is -0.302 e. The highest BCUT2D eigenvalue weighted by atomic mass is 32.2. The van der Waals surface area contributed by atoms with Crippen LogP contribution in [0.3, 0.4) is 0 Å². The summed E-state index contributed by atoms with van der Waals surface area (Å²) in [5.41, 5.74) is 2.03. The third-order valence-corrected chi connectivity index (χ3v) is 6.16. The van der Waals surface area contributed by atoms with Crippen LogP contribution >= 0.6 is 11.3 Å². The van der Waals surface area contributed by atoms with Gasteiger partial charge in [-0.15, -0.1) is 0 Å². The van der Waals surface area contributed by atoms with E-state index in [1.54, 1.807) is 12.1 Å². The second-order valence-electron chi connectivity index (χ2n) is 6.26. The summed E-state index contributed by atoms with van der Waals surface area (Å²) in [5, 5.41) is 3.07. The molecule has 0 saturated heterocycles. The third-order valence-electron chi connectivity index (χ3n) is 3.96. The van der Waals surface area contributed by atoms with Gasteiger partial charge in [-0.1, -0.05) is 53.8 Å². The summed E-state index contributed by atoms with van der Waals surface area (Å²) < 4.78 is 23.0. The molecule has 0 saturated carbocycles. The number of carbonyl (C=O) groups is 2. The first kappa shape index (κ1) is 19.9. The molecule has 0 spiro atoms. The van der Waals surface area contributed by atoms with Gasteiger partial charge in [0, 0.05) is 18.7 Å². The number of hydrogen-bond donors (Lipinski definition) is 1. The van der Waals surface area contributed by atoms with Gasteiger partial charge >= 0.3 is 0 Å². The first-order valence-electron chi connectivity index (χ1n) is 8.40. The van der Waals surface area contributed by atoms with E-state index in [1.807, 2.05) is 30.3 Å². The largest absolute Gasteiger partial charge is 0.302 e. The number of anilines is 1. The van der Waals surface area contributed by atoms with E-state index in [2.05, 4.69) is 10.3 Å². The fourth-order valence-electron chi connectivity index (χ4n) is 2.61. The molecule has 6 nitrogen and oxygen atoms in total. The lowest BCUT2D eigenvalue weighted by atomic mass is 10.1. The molecular weight excluding hydrogens is 396 g/mol. The van der Waals surface area contributed by atoms with Crippen molar-refractivity contribution in [3.63, 3.8) is 0 Å². The zero-order valence-electron chi connectivity index (χ0n) is 15.3. The van der Waals surface area contributed by atoms with Crippen molar-refractivity contribution in [1.29, 1.82) is 0 Å². The van der Waals surface area contributed by atoms with Crippen LogP contribution in [0.15, 0.2) is 59.5 Å². The second kappa shape index (κ2) is 8.04. The molecule has 1 aromatic heterocycles. The van der Waals surface area contributed by atoms with Gasteiger partial charge in [-0.05, 0) is 17.7 Å². The average molecular weight is 415 g/mol. The number of Topliss-reactive ketones (excluding diaryl/α,β-unsaturated/α-hetero) is 1. The zero-order valence-corrected chi connectivity index (χ0v) is 16.9. The summed E-state index contributed by atoms with van der Waals surface area (Å²) in [6.07, 6.45) is 1.20. The molecule has 144 valence electrons. The van der Waals surface area contributed by atoms with Crippen LogP contribution in [0.4, 0.5) is 5.13 Å². The number of aromatic nitrogens is 1. The van der Waals surface area contributed by atoms with Crippen LogP contribution in [-0.2, 0) is 21.1 Å². The Bertz CT molecular complexity index is 1120. The monoisotopic (exact) mass is 414 g/mol. The Balaban J connectivity index is 1.76. The number of thiazole rings is 1. The molecule has 1 amide bonds. The van der Waals surface area contributed by atoms with E-state index in [0.29, 0.717) is 21.3 Å². The molecule has 0 aliphatic carbocycles. The molecule has 0 fully saturated rings.